The third-order valence-corrected chi connectivity index (χ3v) is 10.7. The molecule has 5 heterocycles. The number of ether oxygens (including phenoxy) is 1. The van der Waals surface area contributed by atoms with Crippen molar-refractivity contribution in [3.63, 3.8) is 0 Å². The van der Waals surface area contributed by atoms with Gasteiger partial charge in [0, 0.05) is 44.3 Å². The minimum absolute atomic E-state index is 0.105. The summed E-state index contributed by atoms with van der Waals surface area (Å²) in [4.78, 5) is 42.8. The highest BCUT2D eigenvalue weighted by Crippen LogP contribution is 2.33. The highest BCUT2D eigenvalue weighted by atomic mass is 32.1. The Morgan fingerprint density at radius 3 is 2.13 bits per heavy atom. The van der Waals surface area contributed by atoms with Crippen LogP contribution in [0.4, 0.5) is 38.4 Å². The number of carbonyl (C=O) groups excluding carboxylic acids is 2. The summed E-state index contributed by atoms with van der Waals surface area (Å²) in [5.41, 5.74) is 2.04. The zero-order chi connectivity index (χ0) is 42.1. The van der Waals surface area contributed by atoms with Crippen LogP contribution in [0.25, 0.3) is 32.6 Å². The molecule has 0 radical (unpaired) electrons. The van der Waals surface area contributed by atoms with E-state index in [2.05, 4.69) is 30.3 Å². The van der Waals surface area contributed by atoms with E-state index in [1.807, 2.05) is 37.3 Å². The number of oxazole rings is 2. The molecule has 4 aromatic carbocycles. The van der Waals surface area contributed by atoms with Crippen LogP contribution < -0.4 is 15.4 Å². The zero-order valence-electron chi connectivity index (χ0n) is 31.4. The fourth-order valence-electron chi connectivity index (χ4n) is 6.97. The molecule has 2 atom stereocenters. The van der Waals surface area contributed by atoms with Crippen LogP contribution in [0.2, 0.25) is 0 Å². The van der Waals surface area contributed by atoms with Gasteiger partial charge in [-0.05, 0) is 61.7 Å². The average Bonchev–Trinajstić information content (AvgIpc) is 4.08. The molecule has 19 heteroatoms. The number of anilines is 2. The molecule has 0 aliphatic carbocycles. The number of benzene rings is 4. The number of aromatic nitrogens is 3. The molecule has 2 fully saturated rings. The number of amides is 2. The number of thiazole rings is 1. The van der Waals surface area contributed by atoms with Gasteiger partial charge in [0.1, 0.15) is 28.3 Å². The number of likely N-dealkylation sites (tertiary alicyclic amines) is 2. The molecule has 60 heavy (non-hydrogen) atoms. The van der Waals surface area contributed by atoms with Crippen LogP contribution in [0.3, 0.4) is 0 Å². The summed E-state index contributed by atoms with van der Waals surface area (Å²) < 4.78 is 93.0. The molecule has 2 saturated heterocycles. The van der Waals surface area contributed by atoms with Crippen molar-refractivity contribution in [2.45, 2.75) is 38.2 Å². The van der Waals surface area contributed by atoms with Crippen molar-refractivity contribution < 1.29 is 49.5 Å². The standard InChI is InChI=1S/C22H18F2N4O2S.C19H15F4N3O3/c1-12-25-18(20(31-12)13-5-3-2-4-6-13)21(29)28-10-9-14(11-28)26-22-27-16-8-7-15(23)17(24)19(16)30-22;20-11-5-6-14-16(9-11)28-18(25-14)24-12-7-8-26(10-12)17(27)13-3-1-2-4-15(13)29-19(21,22)23/h2-8,14H,9-11H2,1H3,(H,26,27);1-6,9,12H,7-8,10H2,(H,24,25)/t14-;12-/m11/s1. The summed E-state index contributed by atoms with van der Waals surface area (Å²) in [6, 6.07) is 21.3. The van der Waals surface area contributed by atoms with E-state index in [0.717, 1.165) is 27.6 Å². The SMILES string of the molecule is Cc1nc(C(=O)N2CC[C@@H](Nc3nc4ccc(F)c(F)c4o3)C2)c(-c2ccccc2)s1.O=C(c1ccccc1OC(F)(F)F)N1CC[C@@H](Nc2nc3ccc(F)cc3o2)C1. The van der Waals surface area contributed by atoms with E-state index in [1.165, 1.54) is 58.7 Å². The fraction of sp³-hybridized carbons (Fsp3) is 0.244. The molecule has 2 aliphatic heterocycles. The first-order chi connectivity index (χ1) is 28.8. The molecule has 2 aliphatic rings. The number of rotatable bonds is 8. The van der Waals surface area contributed by atoms with E-state index in [4.69, 9.17) is 8.83 Å². The number of aryl methyl sites for hydroxylation is 1. The highest BCUT2D eigenvalue weighted by molar-refractivity contribution is 7.15. The van der Waals surface area contributed by atoms with E-state index in [1.54, 1.807) is 4.90 Å². The number of alkyl halides is 3. The molecule has 9 rings (SSSR count). The van der Waals surface area contributed by atoms with Gasteiger partial charge in [-0.25, -0.2) is 13.8 Å². The van der Waals surface area contributed by atoms with E-state index in [0.29, 0.717) is 43.7 Å². The Bertz CT molecular complexity index is 2690. The minimum Gasteiger partial charge on any atom is -0.423 e. The van der Waals surface area contributed by atoms with Crippen LogP contribution in [0, 0.1) is 24.4 Å². The van der Waals surface area contributed by atoms with Crippen LogP contribution in [-0.4, -0.2) is 81.2 Å². The minimum atomic E-state index is -4.89. The van der Waals surface area contributed by atoms with Crippen molar-refractivity contribution in [2.24, 2.45) is 0 Å². The molecule has 2 amide bonds. The zero-order valence-corrected chi connectivity index (χ0v) is 32.3. The van der Waals surface area contributed by atoms with Crippen LogP contribution in [-0.2, 0) is 0 Å². The summed E-state index contributed by atoms with van der Waals surface area (Å²) in [6.07, 6.45) is -3.68. The van der Waals surface area contributed by atoms with Gasteiger partial charge in [0.15, 0.2) is 17.0 Å². The van der Waals surface area contributed by atoms with Crippen LogP contribution >= 0.6 is 11.3 Å². The molecule has 2 N–H and O–H groups in total. The topological polar surface area (TPSA) is 139 Å². The average molecular weight is 850 g/mol. The number of nitrogens with one attached hydrogen (secondary N) is 2. The van der Waals surface area contributed by atoms with Crippen molar-refractivity contribution in [1.82, 2.24) is 24.8 Å². The Hall–Kier alpha value is -6.63. The molecule has 12 nitrogen and oxygen atoms in total. The first kappa shape index (κ1) is 40.2. The largest absolute Gasteiger partial charge is 0.573 e. The normalized spacial score (nSPS) is 16.6. The molecule has 0 saturated carbocycles. The molecule has 7 aromatic rings. The first-order valence-electron chi connectivity index (χ1n) is 18.6. The molecule has 0 unspecified atom stereocenters. The first-order valence-corrected chi connectivity index (χ1v) is 19.4. The van der Waals surface area contributed by atoms with E-state index < -0.39 is 35.5 Å². The lowest BCUT2D eigenvalue weighted by Crippen LogP contribution is -2.32. The Labute approximate surface area is 340 Å². The fourth-order valence-corrected chi connectivity index (χ4v) is 7.88. The molecule has 0 spiro atoms. The van der Waals surface area contributed by atoms with Gasteiger partial charge in [-0.1, -0.05) is 42.5 Å². The maximum absolute atomic E-state index is 13.9. The van der Waals surface area contributed by atoms with Gasteiger partial charge in [0.25, 0.3) is 23.8 Å². The summed E-state index contributed by atoms with van der Waals surface area (Å²) in [7, 11) is 0. The van der Waals surface area contributed by atoms with Gasteiger partial charge in [-0.3, -0.25) is 9.59 Å². The summed E-state index contributed by atoms with van der Waals surface area (Å²) in [5.74, 6) is -3.72. The molecular weight excluding hydrogens is 817 g/mol. The third-order valence-electron chi connectivity index (χ3n) is 9.72. The number of hydrogen-bond acceptors (Lipinski definition) is 11. The summed E-state index contributed by atoms with van der Waals surface area (Å²) in [6.45, 7) is 3.44. The maximum Gasteiger partial charge on any atom is 0.573 e. The second kappa shape index (κ2) is 16.6. The Morgan fingerprint density at radius 1 is 0.783 bits per heavy atom. The quantitative estimate of drug-likeness (QED) is 0.143. The molecular formula is C41H33F6N7O5S. The van der Waals surface area contributed by atoms with Crippen molar-refractivity contribution in [3.05, 3.63) is 119 Å². The van der Waals surface area contributed by atoms with E-state index >= 15 is 0 Å². The smallest absolute Gasteiger partial charge is 0.423 e. The monoisotopic (exact) mass is 849 g/mol. The lowest BCUT2D eigenvalue weighted by Gasteiger charge is -2.19. The lowest BCUT2D eigenvalue weighted by atomic mass is 10.1. The molecule has 0 bridgehead atoms. The van der Waals surface area contributed by atoms with Crippen LogP contribution in [0.15, 0.2) is 93.8 Å². The third kappa shape index (κ3) is 8.85. The van der Waals surface area contributed by atoms with Gasteiger partial charge < -0.3 is 34.0 Å². The molecule has 3 aromatic heterocycles. The van der Waals surface area contributed by atoms with Gasteiger partial charge in [-0.15, -0.1) is 24.5 Å². The number of hydrogen-bond donors (Lipinski definition) is 2. The molecule has 310 valence electrons. The van der Waals surface area contributed by atoms with Gasteiger partial charge in [0.05, 0.1) is 15.4 Å². The number of nitrogens with zero attached hydrogens (tertiary/aromatic N) is 5. The summed E-state index contributed by atoms with van der Waals surface area (Å²) in [5, 5.41) is 6.95. The Kier molecular flexibility index (Phi) is 11.1. The summed E-state index contributed by atoms with van der Waals surface area (Å²) >= 11 is 1.50. The Balaban J connectivity index is 0.000000167. The van der Waals surface area contributed by atoms with Crippen LogP contribution in [0.5, 0.6) is 5.75 Å². The predicted octanol–water partition coefficient (Wildman–Crippen LogP) is 9.06. The highest BCUT2D eigenvalue weighted by Gasteiger charge is 2.35. The van der Waals surface area contributed by atoms with Crippen molar-refractivity contribution in [2.75, 3.05) is 36.8 Å². The van der Waals surface area contributed by atoms with Gasteiger partial charge in [-0.2, -0.15) is 14.4 Å². The maximum atomic E-state index is 13.9. The van der Waals surface area contributed by atoms with Crippen LogP contribution in [0.1, 0.15) is 38.7 Å². The van der Waals surface area contributed by atoms with Crippen molar-refractivity contribution >= 4 is 57.4 Å². The second-order valence-electron chi connectivity index (χ2n) is 13.9. The van der Waals surface area contributed by atoms with Gasteiger partial charge in [0.2, 0.25) is 5.82 Å². The van der Waals surface area contributed by atoms with Gasteiger partial charge >= 0.3 is 6.36 Å². The second-order valence-corrected chi connectivity index (χ2v) is 15.1. The van der Waals surface area contributed by atoms with Crippen molar-refractivity contribution in [3.8, 4) is 16.2 Å². The number of fused-ring (bicyclic) bond motifs is 2. The number of carbonyl (C=O) groups is 2. The van der Waals surface area contributed by atoms with E-state index in [-0.39, 0.29) is 58.8 Å². The number of halogens is 6. The predicted molar refractivity (Wildman–Crippen MR) is 209 cm³/mol. The van der Waals surface area contributed by atoms with Crippen molar-refractivity contribution in [1.29, 1.82) is 0 Å². The Morgan fingerprint density at radius 2 is 1.42 bits per heavy atom. The lowest BCUT2D eigenvalue weighted by molar-refractivity contribution is -0.274. The van der Waals surface area contributed by atoms with E-state index in [9.17, 15) is 35.9 Å². The number of para-hydroxylation sites is 1.